The second-order valence-electron chi connectivity index (χ2n) is 4.41. The normalized spacial score (nSPS) is 18.4. The number of aromatic nitrogens is 2. The first-order chi connectivity index (χ1) is 8.44. The third-order valence-electron chi connectivity index (χ3n) is 3.24. The smallest absolute Gasteiger partial charge is 0.262 e. The van der Waals surface area contributed by atoms with Gasteiger partial charge in [-0.25, -0.2) is 13.4 Å². The molecule has 1 fully saturated rings. The summed E-state index contributed by atoms with van der Waals surface area (Å²) in [7, 11) is -0.403. The van der Waals surface area contributed by atoms with E-state index in [1.807, 2.05) is 0 Å². The van der Waals surface area contributed by atoms with Crippen LogP contribution in [0.4, 0.5) is 5.82 Å². The molecule has 1 aliphatic heterocycles. The molecule has 1 saturated heterocycles. The van der Waals surface area contributed by atoms with E-state index in [2.05, 4.69) is 4.98 Å². The summed E-state index contributed by atoms with van der Waals surface area (Å²) in [5.74, 6) is 0.0383. The van der Waals surface area contributed by atoms with Crippen LogP contribution in [-0.4, -0.2) is 48.6 Å². The van der Waals surface area contributed by atoms with Crippen molar-refractivity contribution >= 4 is 15.8 Å². The summed E-state index contributed by atoms with van der Waals surface area (Å²) in [5, 5.41) is 0.0523. The van der Waals surface area contributed by atoms with Gasteiger partial charge in [0.1, 0.15) is 0 Å². The lowest BCUT2D eigenvalue weighted by Gasteiger charge is -2.30. The highest BCUT2D eigenvalue weighted by atomic mass is 32.2. The first kappa shape index (κ1) is 13.3. The number of aryl methyl sites for hydroxylation is 1. The first-order valence-corrected chi connectivity index (χ1v) is 7.21. The van der Waals surface area contributed by atoms with Crippen LogP contribution in [0.15, 0.2) is 11.4 Å². The summed E-state index contributed by atoms with van der Waals surface area (Å²) in [4.78, 5) is 3.82. The van der Waals surface area contributed by atoms with Crippen LogP contribution in [0, 0.1) is 0 Å². The van der Waals surface area contributed by atoms with Gasteiger partial charge in [-0.2, -0.15) is 4.31 Å². The lowest BCUT2D eigenvalue weighted by Crippen LogP contribution is -2.41. The van der Waals surface area contributed by atoms with Crippen molar-refractivity contribution in [2.75, 3.05) is 26.0 Å². The zero-order chi connectivity index (χ0) is 13.3. The molecule has 1 aliphatic rings. The van der Waals surface area contributed by atoms with E-state index in [0.29, 0.717) is 26.1 Å². The molecule has 18 heavy (non-hydrogen) atoms. The third kappa shape index (κ3) is 2.23. The minimum absolute atomic E-state index is 0.0383. The number of hydrogen-bond acceptors (Lipinski definition) is 5. The monoisotopic (exact) mass is 274 g/mol. The summed E-state index contributed by atoms with van der Waals surface area (Å²) in [6, 6.07) is -0.0435. The number of imidazole rings is 1. The topological polar surface area (TPSA) is 90.4 Å². The van der Waals surface area contributed by atoms with Crippen LogP contribution < -0.4 is 5.73 Å². The molecule has 1 aromatic rings. The van der Waals surface area contributed by atoms with E-state index in [-0.39, 0.29) is 16.9 Å². The summed E-state index contributed by atoms with van der Waals surface area (Å²) in [6.45, 7) is 1.18. The van der Waals surface area contributed by atoms with E-state index in [1.165, 1.54) is 15.2 Å². The van der Waals surface area contributed by atoms with Crippen LogP contribution >= 0.6 is 0 Å². The van der Waals surface area contributed by atoms with Crippen LogP contribution in [0.25, 0.3) is 0 Å². The number of sulfonamides is 1. The Labute approximate surface area is 107 Å². The van der Waals surface area contributed by atoms with Crippen molar-refractivity contribution in [2.45, 2.75) is 23.9 Å². The summed E-state index contributed by atoms with van der Waals surface area (Å²) >= 11 is 0. The second kappa shape index (κ2) is 4.87. The molecule has 0 bridgehead atoms. The number of nitrogen functional groups attached to an aromatic ring is 1. The van der Waals surface area contributed by atoms with Crippen LogP contribution in [0.5, 0.6) is 0 Å². The molecule has 0 radical (unpaired) electrons. The molecular weight excluding hydrogens is 256 g/mol. The van der Waals surface area contributed by atoms with E-state index in [9.17, 15) is 8.42 Å². The molecule has 2 heterocycles. The van der Waals surface area contributed by atoms with Gasteiger partial charge in [0.25, 0.3) is 10.0 Å². The fourth-order valence-electron chi connectivity index (χ4n) is 2.13. The minimum atomic E-state index is -3.60. The number of hydrogen-bond donors (Lipinski definition) is 1. The van der Waals surface area contributed by atoms with Crippen molar-refractivity contribution in [1.29, 1.82) is 0 Å². The first-order valence-electron chi connectivity index (χ1n) is 5.77. The maximum Gasteiger partial charge on any atom is 0.262 e. The van der Waals surface area contributed by atoms with E-state index >= 15 is 0 Å². The molecule has 7 nitrogen and oxygen atoms in total. The molecule has 0 aliphatic carbocycles. The fourth-order valence-corrected chi connectivity index (χ4v) is 3.74. The molecule has 0 aromatic carbocycles. The highest BCUT2D eigenvalue weighted by molar-refractivity contribution is 7.89. The standard InChI is InChI=1S/C10H18N4O3S/c1-13-7-12-9(11)10(13)18(15,16)14(2)8-3-5-17-6-4-8/h7-8H,3-6,11H2,1-2H3. The van der Waals surface area contributed by atoms with Crippen molar-refractivity contribution in [2.24, 2.45) is 7.05 Å². The van der Waals surface area contributed by atoms with Crippen molar-refractivity contribution in [3.05, 3.63) is 6.33 Å². The molecule has 0 spiro atoms. The quantitative estimate of drug-likeness (QED) is 0.824. The number of nitrogens with two attached hydrogens (primary N) is 1. The van der Waals surface area contributed by atoms with Gasteiger partial charge in [-0.05, 0) is 12.8 Å². The predicted molar refractivity (Wildman–Crippen MR) is 66.4 cm³/mol. The Morgan fingerprint density at radius 2 is 2.11 bits per heavy atom. The number of rotatable bonds is 3. The molecule has 1 aromatic heterocycles. The van der Waals surface area contributed by atoms with Gasteiger partial charge < -0.3 is 15.0 Å². The van der Waals surface area contributed by atoms with Crippen LogP contribution in [0.1, 0.15) is 12.8 Å². The van der Waals surface area contributed by atoms with E-state index in [4.69, 9.17) is 10.5 Å². The molecule has 0 unspecified atom stereocenters. The zero-order valence-electron chi connectivity index (χ0n) is 10.5. The minimum Gasteiger partial charge on any atom is -0.381 e. The fraction of sp³-hybridized carbons (Fsp3) is 0.700. The SMILES string of the molecule is CN(C1CCOCC1)S(=O)(=O)c1c(N)ncn1C. The lowest BCUT2D eigenvalue weighted by molar-refractivity contribution is 0.0631. The van der Waals surface area contributed by atoms with Gasteiger partial charge in [-0.3, -0.25) is 0 Å². The van der Waals surface area contributed by atoms with Gasteiger partial charge in [-0.15, -0.1) is 0 Å². The molecule has 0 atom stereocenters. The predicted octanol–water partition coefficient (Wildman–Crippen LogP) is -0.198. The summed E-state index contributed by atoms with van der Waals surface area (Å²) in [6.07, 6.45) is 2.81. The van der Waals surface area contributed by atoms with Gasteiger partial charge in [0, 0.05) is 33.4 Å². The number of anilines is 1. The molecule has 2 N–H and O–H groups in total. The molecule has 2 rings (SSSR count). The maximum atomic E-state index is 12.5. The highest BCUT2D eigenvalue weighted by Gasteiger charge is 2.33. The molecule has 8 heteroatoms. The van der Waals surface area contributed by atoms with Crippen molar-refractivity contribution in [3.63, 3.8) is 0 Å². The lowest BCUT2D eigenvalue weighted by atomic mass is 10.1. The Kier molecular flexibility index (Phi) is 3.60. The average Bonchev–Trinajstić information content (AvgIpc) is 2.69. The number of nitrogens with zero attached hydrogens (tertiary/aromatic N) is 3. The zero-order valence-corrected chi connectivity index (χ0v) is 11.4. The van der Waals surface area contributed by atoms with Crippen molar-refractivity contribution in [3.8, 4) is 0 Å². The Morgan fingerprint density at radius 3 is 2.61 bits per heavy atom. The molecular formula is C10H18N4O3S. The van der Waals surface area contributed by atoms with E-state index in [0.717, 1.165) is 0 Å². The highest BCUT2D eigenvalue weighted by Crippen LogP contribution is 2.24. The Bertz CT molecular complexity index is 500. The molecule has 0 amide bonds. The average molecular weight is 274 g/mol. The van der Waals surface area contributed by atoms with Crippen LogP contribution in [-0.2, 0) is 21.8 Å². The van der Waals surface area contributed by atoms with Crippen molar-refractivity contribution in [1.82, 2.24) is 13.9 Å². The van der Waals surface area contributed by atoms with Gasteiger partial charge in [-0.1, -0.05) is 0 Å². The Balaban J connectivity index is 2.30. The number of ether oxygens (including phenoxy) is 1. The van der Waals surface area contributed by atoms with Crippen LogP contribution in [0.3, 0.4) is 0 Å². The summed E-state index contributed by atoms with van der Waals surface area (Å²) < 4.78 is 33.0. The van der Waals surface area contributed by atoms with Gasteiger partial charge in [0.2, 0.25) is 0 Å². The third-order valence-corrected chi connectivity index (χ3v) is 5.28. The van der Waals surface area contributed by atoms with Gasteiger partial charge >= 0.3 is 0 Å². The molecule has 102 valence electrons. The van der Waals surface area contributed by atoms with Gasteiger partial charge in [0.05, 0.1) is 6.33 Å². The van der Waals surface area contributed by atoms with E-state index < -0.39 is 10.0 Å². The Morgan fingerprint density at radius 1 is 1.50 bits per heavy atom. The van der Waals surface area contributed by atoms with E-state index in [1.54, 1.807) is 14.1 Å². The largest absolute Gasteiger partial charge is 0.381 e. The van der Waals surface area contributed by atoms with Crippen LogP contribution in [0.2, 0.25) is 0 Å². The van der Waals surface area contributed by atoms with Gasteiger partial charge in [0.15, 0.2) is 10.8 Å². The van der Waals surface area contributed by atoms with Crippen molar-refractivity contribution < 1.29 is 13.2 Å². The molecule has 0 saturated carbocycles. The maximum absolute atomic E-state index is 12.5. The second-order valence-corrected chi connectivity index (χ2v) is 6.32. The summed E-state index contributed by atoms with van der Waals surface area (Å²) in [5.41, 5.74) is 5.63. The Hall–Kier alpha value is -1.12.